The summed E-state index contributed by atoms with van der Waals surface area (Å²) in [5.74, 6) is 0.509. The number of ketones is 1. The van der Waals surface area contributed by atoms with E-state index in [2.05, 4.69) is 12.2 Å². The highest BCUT2D eigenvalue weighted by atomic mass is 16.1. The van der Waals surface area contributed by atoms with Gasteiger partial charge < -0.3 is 0 Å². The van der Waals surface area contributed by atoms with E-state index >= 15 is 0 Å². The monoisotopic (exact) mass is 292 g/mol. The molecule has 0 saturated heterocycles. The minimum atomic E-state index is 0.509. The summed E-state index contributed by atoms with van der Waals surface area (Å²) in [7, 11) is 0. The number of carbonyl (C=O) groups is 1. The molecule has 1 aliphatic carbocycles. The van der Waals surface area contributed by atoms with E-state index in [9.17, 15) is 4.79 Å². The van der Waals surface area contributed by atoms with Crippen LogP contribution in [0.4, 0.5) is 0 Å². The average Bonchev–Trinajstić information content (AvgIpc) is 2.48. The molecule has 0 saturated carbocycles. The van der Waals surface area contributed by atoms with Crippen LogP contribution in [0.2, 0.25) is 0 Å². The Balaban J connectivity index is 2.15. The van der Waals surface area contributed by atoms with E-state index in [1.807, 2.05) is 0 Å². The van der Waals surface area contributed by atoms with Gasteiger partial charge in [0.1, 0.15) is 5.78 Å². The number of hydrogen-bond donors (Lipinski definition) is 0. The summed E-state index contributed by atoms with van der Waals surface area (Å²) in [5.41, 5.74) is 0. The molecule has 1 aliphatic rings. The number of carbonyl (C=O) groups excluding carboxylic acids is 1. The van der Waals surface area contributed by atoms with Crippen LogP contribution in [-0.2, 0) is 4.79 Å². The van der Waals surface area contributed by atoms with Crippen molar-refractivity contribution in [3.05, 3.63) is 12.2 Å². The van der Waals surface area contributed by atoms with Crippen molar-refractivity contribution >= 4 is 5.78 Å². The molecule has 122 valence electrons. The Morgan fingerprint density at radius 2 is 0.810 bits per heavy atom. The van der Waals surface area contributed by atoms with Gasteiger partial charge in [0.25, 0.3) is 0 Å². The summed E-state index contributed by atoms with van der Waals surface area (Å²) >= 11 is 0. The molecule has 0 radical (unpaired) electrons. The number of hydrogen-bond acceptors (Lipinski definition) is 1. The van der Waals surface area contributed by atoms with Gasteiger partial charge in [0, 0.05) is 12.8 Å². The van der Waals surface area contributed by atoms with Gasteiger partial charge in [-0.15, -0.1) is 0 Å². The van der Waals surface area contributed by atoms with Crippen molar-refractivity contribution in [2.24, 2.45) is 0 Å². The van der Waals surface area contributed by atoms with E-state index in [1.165, 1.54) is 83.5 Å². The fourth-order valence-electron chi connectivity index (χ4n) is 3.12. The first-order chi connectivity index (χ1) is 10.4. The zero-order valence-corrected chi connectivity index (χ0v) is 14.1. The number of allylic oxidation sites excluding steroid dienone is 2. The number of Topliss-reactive ketones (excluding diaryl/α,β-unsaturated/α-hetero) is 1. The van der Waals surface area contributed by atoms with Gasteiger partial charge >= 0.3 is 0 Å². The van der Waals surface area contributed by atoms with Gasteiger partial charge in [0.05, 0.1) is 0 Å². The van der Waals surface area contributed by atoms with Gasteiger partial charge in [0.2, 0.25) is 0 Å². The van der Waals surface area contributed by atoms with Crippen molar-refractivity contribution in [3.8, 4) is 0 Å². The maximum Gasteiger partial charge on any atom is 0.132 e. The molecule has 0 N–H and O–H groups in total. The standard InChI is InChI=1S/C20H36O/c21-20-18-16-14-12-10-8-6-4-2-1-3-5-7-9-11-13-15-17-19-20/h1-2H,3-19H2/b2-1-. The molecule has 1 heteroatoms. The first kappa shape index (κ1) is 18.5. The highest BCUT2D eigenvalue weighted by Crippen LogP contribution is 2.13. The molecule has 0 heterocycles. The molecule has 1 rings (SSSR count). The second-order valence-electron chi connectivity index (χ2n) is 6.68. The lowest BCUT2D eigenvalue weighted by molar-refractivity contribution is -0.119. The lowest BCUT2D eigenvalue weighted by Crippen LogP contribution is -1.97. The van der Waals surface area contributed by atoms with Gasteiger partial charge in [-0.2, -0.15) is 0 Å². The maximum atomic E-state index is 11.8. The van der Waals surface area contributed by atoms with Crippen molar-refractivity contribution in [1.82, 2.24) is 0 Å². The highest BCUT2D eigenvalue weighted by molar-refractivity contribution is 5.78. The van der Waals surface area contributed by atoms with E-state index in [0.29, 0.717) is 5.78 Å². The first-order valence-corrected chi connectivity index (χ1v) is 9.56. The van der Waals surface area contributed by atoms with Crippen molar-refractivity contribution in [2.45, 2.75) is 109 Å². The predicted molar refractivity (Wildman–Crippen MR) is 92.6 cm³/mol. The molecule has 0 atom stereocenters. The van der Waals surface area contributed by atoms with Crippen LogP contribution in [0.1, 0.15) is 109 Å². The van der Waals surface area contributed by atoms with Gasteiger partial charge in [0.15, 0.2) is 0 Å². The van der Waals surface area contributed by atoms with Crippen LogP contribution in [0, 0.1) is 0 Å². The average molecular weight is 293 g/mol. The zero-order valence-electron chi connectivity index (χ0n) is 14.1. The van der Waals surface area contributed by atoms with Crippen molar-refractivity contribution in [1.29, 1.82) is 0 Å². The van der Waals surface area contributed by atoms with Crippen LogP contribution in [0.3, 0.4) is 0 Å². The van der Waals surface area contributed by atoms with Crippen LogP contribution >= 0.6 is 0 Å². The molecule has 0 aromatic heterocycles. The van der Waals surface area contributed by atoms with E-state index in [1.54, 1.807) is 0 Å². The molecule has 1 nitrogen and oxygen atoms in total. The number of rotatable bonds is 0. The highest BCUT2D eigenvalue weighted by Gasteiger charge is 2.02. The Bertz CT molecular complexity index is 267. The molecular formula is C20H36O. The lowest BCUT2D eigenvalue weighted by Gasteiger charge is -2.04. The van der Waals surface area contributed by atoms with Crippen molar-refractivity contribution in [3.63, 3.8) is 0 Å². The Morgan fingerprint density at radius 3 is 1.24 bits per heavy atom. The third kappa shape index (κ3) is 12.8. The van der Waals surface area contributed by atoms with Crippen molar-refractivity contribution < 1.29 is 4.79 Å². The molecule has 0 aliphatic heterocycles. The van der Waals surface area contributed by atoms with Crippen LogP contribution in [0.5, 0.6) is 0 Å². The molecule has 21 heavy (non-hydrogen) atoms. The molecule has 0 spiro atoms. The minimum absolute atomic E-state index is 0.509. The summed E-state index contributed by atoms with van der Waals surface area (Å²) in [5, 5.41) is 0. The molecular weight excluding hydrogens is 256 g/mol. The Kier molecular flexibility index (Phi) is 12.6. The summed E-state index contributed by atoms with van der Waals surface area (Å²) < 4.78 is 0. The molecule has 0 unspecified atom stereocenters. The van der Waals surface area contributed by atoms with Crippen LogP contribution in [0.15, 0.2) is 12.2 Å². The molecule has 0 amide bonds. The van der Waals surface area contributed by atoms with E-state index < -0.39 is 0 Å². The largest absolute Gasteiger partial charge is 0.300 e. The van der Waals surface area contributed by atoms with Gasteiger partial charge in [-0.05, 0) is 38.5 Å². The molecule has 0 aromatic carbocycles. The maximum absolute atomic E-state index is 11.8. The molecule has 0 fully saturated rings. The first-order valence-electron chi connectivity index (χ1n) is 9.56. The van der Waals surface area contributed by atoms with Crippen molar-refractivity contribution in [2.75, 3.05) is 0 Å². The smallest absolute Gasteiger partial charge is 0.132 e. The molecule has 0 aromatic rings. The van der Waals surface area contributed by atoms with Crippen LogP contribution in [0.25, 0.3) is 0 Å². The fraction of sp³-hybridized carbons (Fsp3) is 0.850. The lowest BCUT2D eigenvalue weighted by atomic mass is 10.0. The summed E-state index contributed by atoms with van der Waals surface area (Å²) in [6, 6.07) is 0. The van der Waals surface area contributed by atoms with Gasteiger partial charge in [-0.3, -0.25) is 4.79 Å². The Morgan fingerprint density at radius 1 is 0.476 bits per heavy atom. The second kappa shape index (κ2) is 14.4. The second-order valence-corrected chi connectivity index (χ2v) is 6.68. The van der Waals surface area contributed by atoms with E-state index in [-0.39, 0.29) is 0 Å². The predicted octanol–water partition coefficient (Wildman–Crippen LogP) is 6.76. The third-order valence-electron chi connectivity index (χ3n) is 4.57. The van der Waals surface area contributed by atoms with E-state index in [0.717, 1.165) is 25.7 Å². The summed E-state index contributed by atoms with van der Waals surface area (Å²) in [6.45, 7) is 0. The van der Waals surface area contributed by atoms with Crippen LogP contribution < -0.4 is 0 Å². The minimum Gasteiger partial charge on any atom is -0.300 e. The van der Waals surface area contributed by atoms with Gasteiger partial charge in [-0.25, -0.2) is 0 Å². The third-order valence-corrected chi connectivity index (χ3v) is 4.57. The van der Waals surface area contributed by atoms with Crippen LogP contribution in [-0.4, -0.2) is 5.78 Å². The summed E-state index contributed by atoms with van der Waals surface area (Å²) in [6.07, 6.45) is 25.9. The quantitative estimate of drug-likeness (QED) is 0.451. The Hall–Kier alpha value is -0.590. The zero-order chi connectivity index (χ0) is 15.0. The normalized spacial score (nSPS) is 24.3. The summed E-state index contributed by atoms with van der Waals surface area (Å²) in [4.78, 5) is 11.8. The van der Waals surface area contributed by atoms with Gasteiger partial charge in [-0.1, -0.05) is 69.9 Å². The topological polar surface area (TPSA) is 17.1 Å². The molecule has 0 bridgehead atoms. The van der Waals surface area contributed by atoms with E-state index in [4.69, 9.17) is 0 Å². The fourth-order valence-corrected chi connectivity index (χ4v) is 3.12. The SMILES string of the molecule is O=C1CCCCCCCC/C=C\CCCCCCCCC1. The Labute approximate surface area is 132 Å².